The number of hydrogen-bond acceptors (Lipinski definition) is 6. The summed E-state index contributed by atoms with van der Waals surface area (Å²) in [6.07, 6.45) is -0.929. The van der Waals surface area contributed by atoms with Gasteiger partial charge >= 0.3 is 5.97 Å². The fourth-order valence-electron chi connectivity index (χ4n) is 1.86. The topological polar surface area (TPSA) is 117 Å². The first kappa shape index (κ1) is 20.9. The molecule has 0 aliphatic heterocycles. The number of likely N-dealkylation sites (N-methyl/N-ethyl adjacent to an activating group) is 1. The average molecular weight is 388 g/mol. The predicted octanol–water partition coefficient (Wildman–Crippen LogP) is 1.17. The van der Waals surface area contributed by atoms with Crippen molar-refractivity contribution in [2.75, 3.05) is 20.6 Å². The average Bonchev–Trinajstić information content (AvgIpc) is 2.58. The molecule has 0 aliphatic rings. The van der Waals surface area contributed by atoms with Gasteiger partial charge in [-0.25, -0.2) is 17.9 Å². The van der Waals surface area contributed by atoms with Gasteiger partial charge in [0.2, 0.25) is 10.0 Å². The van der Waals surface area contributed by atoms with Gasteiger partial charge in [0.15, 0.2) is 6.10 Å². The van der Waals surface area contributed by atoms with Gasteiger partial charge in [0.25, 0.3) is 5.91 Å². The summed E-state index contributed by atoms with van der Waals surface area (Å²) in [4.78, 5) is 25.2. The third kappa shape index (κ3) is 5.42. The maximum Gasteiger partial charge on any atom is 0.338 e. The molecule has 10 heteroatoms. The van der Waals surface area contributed by atoms with Crippen LogP contribution in [0.25, 0.3) is 0 Å². The van der Waals surface area contributed by atoms with Crippen LogP contribution in [-0.4, -0.2) is 51.9 Å². The third-order valence-electron chi connectivity index (χ3n) is 3.29. The van der Waals surface area contributed by atoms with E-state index in [1.54, 1.807) is 0 Å². The van der Waals surface area contributed by atoms with Crippen molar-refractivity contribution in [1.29, 1.82) is 5.26 Å². The molecule has 0 fully saturated rings. The van der Waals surface area contributed by atoms with Crippen molar-refractivity contribution in [1.82, 2.24) is 9.62 Å². The Kier molecular flexibility index (Phi) is 7.36. The number of carbonyl (C=O) groups is 2. The van der Waals surface area contributed by atoms with Crippen LogP contribution >= 0.6 is 11.6 Å². The second-order valence-electron chi connectivity index (χ2n) is 5.07. The fraction of sp³-hybridized carbons (Fsp3) is 0.400. The van der Waals surface area contributed by atoms with E-state index in [4.69, 9.17) is 21.6 Å². The van der Waals surface area contributed by atoms with Crippen LogP contribution in [0.4, 0.5) is 0 Å². The van der Waals surface area contributed by atoms with Gasteiger partial charge in [0.05, 0.1) is 23.1 Å². The number of amides is 1. The van der Waals surface area contributed by atoms with Crippen LogP contribution in [0.1, 0.15) is 23.7 Å². The second-order valence-corrected chi connectivity index (χ2v) is 7.33. The number of carbonyl (C=O) groups excluding carboxylic acids is 2. The zero-order valence-corrected chi connectivity index (χ0v) is 15.5. The number of esters is 1. The van der Waals surface area contributed by atoms with E-state index < -0.39 is 28.0 Å². The molecule has 0 saturated heterocycles. The summed E-state index contributed by atoms with van der Waals surface area (Å²) in [5.74, 6) is -1.33. The largest absolute Gasteiger partial charge is 0.449 e. The number of ether oxygens (including phenoxy) is 1. The summed E-state index contributed by atoms with van der Waals surface area (Å²) in [5.41, 5.74) is -0.0578. The van der Waals surface area contributed by atoms with Crippen LogP contribution in [0, 0.1) is 11.3 Å². The van der Waals surface area contributed by atoms with Crippen molar-refractivity contribution in [3.63, 3.8) is 0 Å². The van der Waals surface area contributed by atoms with Crippen LogP contribution in [0.5, 0.6) is 0 Å². The van der Waals surface area contributed by atoms with Gasteiger partial charge in [0, 0.05) is 13.6 Å². The van der Waals surface area contributed by atoms with E-state index in [-0.39, 0.29) is 28.4 Å². The number of nitrogens with zero attached hydrogens (tertiary/aromatic N) is 2. The minimum Gasteiger partial charge on any atom is -0.449 e. The molecule has 0 bridgehead atoms. The molecule has 1 aromatic rings. The van der Waals surface area contributed by atoms with Crippen LogP contribution < -0.4 is 4.72 Å². The summed E-state index contributed by atoms with van der Waals surface area (Å²) >= 11 is 5.85. The Morgan fingerprint density at radius 3 is 2.64 bits per heavy atom. The molecule has 0 radical (unpaired) electrons. The minimum atomic E-state index is -3.85. The highest BCUT2D eigenvalue weighted by Gasteiger charge is 2.24. The van der Waals surface area contributed by atoms with Gasteiger partial charge in [-0.1, -0.05) is 11.6 Å². The number of benzene rings is 1. The monoisotopic (exact) mass is 387 g/mol. The number of rotatable bonds is 7. The van der Waals surface area contributed by atoms with Crippen molar-refractivity contribution >= 4 is 33.5 Å². The molecule has 0 saturated carbocycles. The molecule has 0 unspecified atom stereocenters. The number of nitrogens with one attached hydrogen (secondary N) is 1. The van der Waals surface area contributed by atoms with Gasteiger partial charge in [-0.15, -0.1) is 0 Å². The minimum absolute atomic E-state index is 0.0498. The molecule has 136 valence electrons. The lowest BCUT2D eigenvalue weighted by Gasteiger charge is -2.20. The Bertz CT molecular complexity index is 804. The molecule has 1 rings (SSSR count). The zero-order chi connectivity index (χ0) is 19.2. The van der Waals surface area contributed by atoms with E-state index in [2.05, 4.69) is 4.72 Å². The summed E-state index contributed by atoms with van der Waals surface area (Å²) in [7, 11) is -1.14. The predicted molar refractivity (Wildman–Crippen MR) is 90.4 cm³/mol. The van der Waals surface area contributed by atoms with Gasteiger partial charge in [-0.2, -0.15) is 5.26 Å². The van der Waals surface area contributed by atoms with Crippen LogP contribution in [0.2, 0.25) is 5.02 Å². The third-order valence-corrected chi connectivity index (χ3v) is 5.19. The number of hydrogen-bond donors (Lipinski definition) is 1. The Balaban J connectivity index is 2.93. The SMILES string of the molecule is CNS(=O)(=O)c1cc(C(=O)O[C@H](C)C(=O)N(C)CCC#N)ccc1Cl. The first-order valence-corrected chi connectivity index (χ1v) is 9.06. The first-order chi connectivity index (χ1) is 11.6. The fourth-order valence-corrected chi connectivity index (χ4v) is 3.11. The molecular formula is C15H18ClN3O5S. The maximum absolute atomic E-state index is 12.2. The van der Waals surface area contributed by atoms with Crippen LogP contribution in [0.3, 0.4) is 0 Å². The van der Waals surface area contributed by atoms with E-state index in [1.807, 2.05) is 6.07 Å². The zero-order valence-electron chi connectivity index (χ0n) is 13.9. The lowest BCUT2D eigenvalue weighted by Crippen LogP contribution is -2.37. The highest BCUT2D eigenvalue weighted by Crippen LogP contribution is 2.23. The molecule has 1 atom stereocenters. The Morgan fingerprint density at radius 1 is 1.44 bits per heavy atom. The van der Waals surface area contributed by atoms with Crippen molar-refractivity contribution in [2.45, 2.75) is 24.3 Å². The Hall–Kier alpha value is -2.15. The maximum atomic E-state index is 12.2. The molecule has 0 aromatic heterocycles. The number of halogens is 1. The van der Waals surface area contributed by atoms with Gasteiger partial charge in [-0.3, -0.25) is 4.79 Å². The molecule has 0 heterocycles. The van der Waals surface area contributed by atoms with Crippen LogP contribution in [-0.2, 0) is 19.6 Å². The molecular weight excluding hydrogens is 370 g/mol. The van der Waals surface area contributed by atoms with Gasteiger partial charge in [-0.05, 0) is 32.2 Å². The molecule has 1 N–H and O–H groups in total. The standard InChI is InChI=1S/C15H18ClN3O5S/c1-10(14(20)19(3)8-4-7-17)24-15(21)11-5-6-12(16)13(9-11)25(22,23)18-2/h5-6,9-10,18H,4,8H2,1-3H3/t10-/m1/s1. The summed E-state index contributed by atoms with van der Waals surface area (Å²) in [6, 6.07) is 5.55. The number of sulfonamides is 1. The number of nitriles is 1. The normalized spacial score (nSPS) is 12.1. The quantitative estimate of drug-likeness (QED) is 0.702. The van der Waals surface area contributed by atoms with E-state index in [9.17, 15) is 18.0 Å². The van der Waals surface area contributed by atoms with Crippen molar-refractivity contribution < 1.29 is 22.7 Å². The van der Waals surface area contributed by atoms with Crippen LogP contribution in [0.15, 0.2) is 23.1 Å². The molecule has 1 aromatic carbocycles. The van der Waals surface area contributed by atoms with Crippen molar-refractivity contribution in [3.05, 3.63) is 28.8 Å². The van der Waals surface area contributed by atoms with Crippen molar-refractivity contribution in [2.24, 2.45) is 0 Å². The van der Waals surface area contributed by atoms with E-state index in [0.717, 1.165) is 6.07 Å². The van der Waals surface area contributed by atoms with Gasteiger partial charge in [0.1, 0.15) is 4.90 Å². The molecule has 0 spiro atoms. The lowest BCUT2D eigenvalue weighted by molar-refractivity contribution is -0.138. The molecule has 1 amide bonds. The Labute approximate surface area is 151 Å². The van der Waals surface area contributed by atoms with Crippen molar-refractivity contribution in [3.8, 4) is 6.07 Å². The van der Waals surface area contributed by atoms with E-state index >= 15 is 0 Å². The van der Waals surface area contributed by atoms with E-state index in [1.165, 1.54) is 38.1 Å². The smallest absolute Gasteiger partial charge is 0.338 e. The highest BCUT2D eigenvalue weighted by molar-refractivity contribution is 7.89. The van der Waals surface area contributed by atoms with E-state index in [0.29, 0.717) is 0 Å². The summed E-state index contributed by atoms with van der Waals surface area (Å²) in [5, 5.41) is 8.48. The molecule has 0 aliphatic carbocycles. The first-order valence-electron chi connectivity index (χ1n) is 7.20. The van der Waals surface area contributed by atoms with Gasteiger partial charge < -0.3 is 9.64 Å². The molecule has 25 heavy (non-hydrogen) atoms. The molecule has 8 nitrogen and oxygen atoms in total. The lowest BCUT2D eigenvalue weighted by atomic mass is 10.2. The Morgan fingerprint density at radius 2 is 2.08 bits per heavy atom. The second kappa shape index (κ2) is 8.80. The summed E-state index contributed by atoms with van der Waals surface area (Å²) < 4.78 is 30.9. The highest BCUT2D eigenvalue weighted by atomic mass is 35.5. The summed E-state index contributed by atoms with van der Waals surface area (Å²) in [6.45, 7) is 1.60.